The van der Waals surface area contributed by atoms with Crippen LogP contribution >= 0.6 is 7.60 Å². The van der Waals surface area contributed by atoms with Crippen molar-refractivity contribution in [2.45, 2.75) is 64.1 Å². The lowest BCUT2D eigenvalue weighted by atomic mass is 10.2. The molecule has 182 valence electrons. The molecule has 33 heavy (non-hydrogen) atoms. The van der Waals surface area contributed by atoms with Crippen molar-refractivity contribution < 1.29 is 27.9 Å². The second-order valence-corrected chi connectivity index (χ2v) is 15.8. The van der Waals surface area contributed by atoms with Gasteiger partial charge in [-0.05, 0) is 29.3 Å². The molecule has 0 bridgehead atoms. The first-order chi connectivity index (χ1) is 15.7. The van der Waals surface area contributed by atoms with E-state index >= 15 is 0 Å². The van der Waals surface area contributed by atoms with Gasteiger partial charge >= 0.3 is 7.60 Å². The Morgan fingerprint density at radius 3 is 1.88 bits per heavy atom. The van der Waals surface area contributed by atoms with Gasteiger partial charge in [0.15, 0.2) is 6.29 Å². The highest BCUT2D eigenvalue weighted by Gasteiger charge is 2.53. The van der Waals surface area contributed by atoms with Crippen molar-refractivity contribution in [3.8, 4) is 0 Å². The summed E-state index contributed by atoms with van der Waals surface area (Å²) in [5.74, 6) is 0. The molecule has 0 radical (unpaired) electrons. The van der Waals surface area contributed by atoms with Gasteiger partial charge in [-0.3, -0.25) is 4.57 Å². The molecular weight excluding hydrogens is 455 g/mol. The highest BCUT2D eigenvalue weighted by Crippen LogP contribution is 2.58. The summed E-state index contributed by atoms with van der Waals surface area (Å²) in [6, 6.07) is 20.6. The van der Waals surface area contributed by atoms with Gasteiger partial charge < -0.3 is 23.3 Å². The van der Waals surface area contributed by atoms with E-state index in [1.165, 1.54) is 0 Å². The molecule has 1 aliphatic heterocycles. The molecule has 0 amide bonds. The average Bonchev–Trinajstić information content (AvgIpc) is 3.16. The Bertz CT molecular complexity index is 868. The number of hydrogen-bond acceptors (Lipinski definition) is 6. The fraction of sp³-hybridized carbons (Fsp3) is 0.520. The van der Waals surface area contributed by atoms with Crippen LogP contribution < -0.4 is 10.4 Å². The van der Waals surface area contributed by atoms with Gasteiger partial charge in [0.25, 0.3) is 8.32 Å². The standard InChI is InChI=1S/C25H37O6PSi/c1-6-28-32(27,29-7-2)23-18-24(26)31-22(23)19-30-33(25(3,4)5,20-14-10-8-11-15-20)21-16-12-9-13-17-21/h8-17,22-24,26H,6-7,18-19H2,1-5H3/t22-,23+,24?/m1/s1. The monoisotopic (exact) mass is 492 g/mol. The Balaban J connectivity index is 2.01. The zero-order valence-electron chi connectivity index (χ0n) is 20.3. The molecule has 1 N–H and O–H groups in total. The average molecular weight is 493 g/mol. The van der Waals surface area contributed by atoms with Crippen LogP contribution in [0, 0.1) is 0 Å². The molecule has 0 spiro atoms. The molecule has 6 nitrogen and oxygen atoms in total. The quantitative estimate of drug-likeness (QED) is 0.394. The molecule has 0 saturated carbocycles. The van der Waals surface area contributed by atoms with Gasteiger partial charge in [-0.15, -0.1) is 0 Å². The number of ether oxygens (including phenoxy) is 1. The summed E-state index contributed by atoms with van der Waals surface area (Å²) in [5.41, 5.74) is -0.592. The predicted octanol–water partition coefficient (Wildman–Crippen LogP) is 4.31. The van der Waals surface area contributed by atoms with Gasteiger partial charge in [-0.1, -0.05) is 81.4 Å². The second-order valence-electron chi connectivity index (χ2n) is 9.28. The highest BCUT2D eigenvalue weighted by atomic mass is 31.2. The van der Waals surface area contributed by atoms with Crippen LogP contribution in [0.25, 0.3) is 0 Å². The minimum absolute atomic E-state index is 0.180. The summed E-state index contributed by atoms with van der Waals surface area (Å²) in [7, 11) is -6.27. The van der Waals surface area contributed by atoms with Crippen LogP contribution in [-0.2, 0) is 22.8 Å². The number of aliphatic hydroxyl groups excluding tert-OH is 1. The summed E-state index contributed by atoms with van der Waals surface area (Å²) >= 11 is 0. The zero-order valence-corrected chi connectivity index (χ0v) is 22.2. The topological polar surface area (TPSA) is 74.2 Å². The third-order valence-electron chi connectivity index (χ3n) is 6.11. The largest absolute Gasteiger partial charge is 0.405 e. The lowest BCUT2D eigenvalue weighted by molar-refractivity contribution is -0.0993. The van der Waals surface area contributed by atoms with Gasteiger partial charge in [-0.25, -0.2) is 0 Å². The fourth-order valence-corrected chi connectivity index (χ4v) is 11.5. The van der Waals surface area contributed by atoms with E-state index in [1.807, 2.05) is 36.4 Å². The van der Waals surface area contributed by atoms with E-state index in [0.29, 0.717) is 0 Å². The van der Waals surface area contributed by atoms with Crippen molar-refractivity contribution in [3.05, 3.63) is 60.7 Å². The Morgan fingerprint density at radius 2 is 1.45 bits per heavy atom. The summed E-state index contributed by atoms with van der Waals surface area (Å²) in [5, 5.41) is 12.4. The minimum atomic E-state index is -3.48. The van der Waals surface area contributed by atoms with Crippen LogP contribution in [-0.4, -0.2) is 51.3 Å². The van der Waals surface area contributed by atoms with Crippen LogP contribution in [0.3, 0.4) is 0 Å². The number of benzene rings is 2. The first-order valence-electron chi connectivity index (χ1n) is 11.6. The van der Waals surface area contributed by atoms with E-state index in [2.05, 4.69) is 45.0 Å². The number of aliphatic hydroxyl groups is 1. The maximum atomic E-state index is 13.6. The van der Waals surface area contributed by atoms with Crippen molar-refractivity contribution >= 4 is 26.3 Å². The minimum Gasteiger partial charge on any atom is -0.405 e. The Morgan fingerprint density at radius 1 is 0.970 bits per heavy atom. The molecule has 0 aliphatic carbocycles. The molecule has 8 heteroatoms. The van der Waals surface area contributed by atoms with Gasteiger partial charge in [0.2, 0.25) is 0 Å². The van der Waals surface area contributed by atoms with Crippen molar-refractivity contribution in [1.82, 2.24) is 0 Å². The molecule has 1 fully saturated rings. The third kappa shape index (κ3) is 5.51. The smallest absolute Gasteiger partial charge is 0.336 e. The third-order valence-corrected chi connectivity index (χ3v) is 13.7. The van der Waals surface area contributed by atoms with Crippen LogP contribution in [0.5, 0.6) is 0 Å². The van der Waals surface area contributed by atoms with Crippen LogP contribution in [0.2, 0.25) is 5.04 Å². The van der Waals surface area contributed by atoms with Gasteiger partial charge in [-0.2, -0.15) is 0 Å². The number of hydrogen-bond donors (Lipinski definition) is 1. The van der Waals surface area contributed by atoms with Crippen LogP contribution in [0.4, 0.5) is 0 Å². The first kappa shape index (κ1) is 26.3. The first-order valence-corrected chi connectivity index (χ1v) is 15.2. The van der Waals surface area contributed by atoms with E-state index in [9.17, 15) is 9.67 Å². The van der Waals surface area contributed by atoms with E-state index in [1.54, 1.807) is 13.8 Å². The molecule has 2 aromatic carbocycles. The Labute approximate surface area is 198 Å². The Hall–Kier alpha value is -1.31. The summed E-state index contributed by atoms with van der Waals surface area (Å²) in [4.78, 5) is 0. The van der Waals surface area contributed by atoms with Crippen LogP contribution in [0.1, 0.15) is 41.0 Å². The lowest BCUT2D eigenvalue weighted by Gasteiger charge is -2.43. The van der Waals surface area contributed by atoms with Gasteiger partial charge in [0.05, 0.1) is 31.6 Å². The molecule has 2 aromatic rings. The second kappa shape index (κ2) is 11.0. The number of rotatable bonds is 10. The maximum Gasteiger partial charge on any atom is 0.336 e. The molecule has 1 heterocycles. The van der Waals surface area contributed by atoms with Gasteiger partial charge in [0, 0.05) is 6.42 Å². The molecule has 1 saturated heterocycles. The molecular formula is C25H37O6PSi. The summed E-state index contributed by atoms with van der Waals surface area (Å²) in [6.45, 7) is 10.9. The SMILES string of the molecule is CCOP(=O)(OCC)[C@H]1CC(O)O[C@@H]1CO[Si](c1ccccc1)(c1ccccc1)C(C)(C)C. The van der Waals surface area contributed by atoms with Crippen molar-refractivity contribution in [2.75, 3.05) is 19.8 Å². The van der Waals surface area contributed by atoms with Crippen molar-refractivity contribution in [1.29, 1.82) is 0 Å². The normalized spacial score (nSPS) is 21.9. The zero-order chi connectivity index (χ0) is 24.1. The maximum absolute atomic E-state index is 13.6. The molecule has 1 unspecified atom stereocenters. The van der Waals surface area contributed by atoms with Crippen molar-refractivity contribution in [2.24, 2.45) is 0 Å². The molecule has 3 rings (SSSR count). The molecule has 3 atom stereocenters. The highest BCUT2D eigenvalue weighted by molar-refractivity contribution is 7.54. The van der Waals surface area contributed by atoms with E-state index < -0.39 is 34.0 Å². The van der Waals surface area contributed by atoms with Crippen molar-refractivity contribution in [3.63, 3.8) is 0 Å². The summed E-state index contributed by atoms with van der Waals surface area (Å²) in [6.07, 6.45) is -1.45. The van der Waals surface area contributed by atoms with E-state index in [-0.39, 0.29) is 31.3 Å². The van der Waals surface area contributed by atoms with E-state index in [4.69, 9.17) is 18.2 Å². The summed E-state index contributed by atoms with van der Waals surface area (Å²) < 4.78 is 37.5. The predicted molar refractivity (Wildman–Crippen MR) is 134 cm³/mol. The van der Waals surface area contributed by atoms with Crippen LogP contribution in [0.15, 0.2) is 60.7 Å². The molecule has 0 aromatic heterocycles. The van der Waals surface area contributed by atoms with E-state index in [0.717, 1.165) is 10.4 Å². The fourth-order valence-electron chi connectivity index (χ4n) is 4.75. The Kier molecular flexibility index (Phi) is 8.73. The molecule has 1 aliphatic rings. The van der Waals surface area contributed by atoms with Gasteiger partial charge in [0.1, 0.15) is 0 Å². The lowest BCUT2D eigenvalue weighted by Crippen LogP contribution is -2.67.